The van der Waals surface area contributed by atoms with Crippen LogP contribution in [0.3, 0.4) is 0 Å². The molecular formula is C15H23N3O. The summed E-state index contributed by atoms with van der Waals surface area (Å²) in [6.45, 7) is 4.13. The first-order chi connectivity index (χ1) is 9.29. The normalized spacial score (nSPS) is 20.2. The van der Waals surface area contributed by atoms with E-state index in [1.165, 1.54) is 16.8 Å². The predicted octanol–water partition coefficient (Wildman–Crippen LogP) is 1.27. The molecule has 1 saturated heterocycles. The molecule has 0 bridgehead atoms. The van der Waals surface area contributed by atoms with Crippen LogP contribution in [0.15, 0.2) is 12.1 Å². The Balaban J connectivity index is 1.93. The quantitative estimate of drug-likeness (QED) is 0.842. The number of nitrogens with one attached hydrogen (secondary N) is 1. The van der Waals surface area contributed by atoms with Gasteiger partial charge in [0.05, 0.1) is 7.11 Å². The molecule has 2 heterocycles. The van der Waals surface area contributed by atoms with Crippen molar-refractivity contribution in [2.45, 2.75) is 31.8 Å². The smallest absolute Gasteiger partial charge is 0.122 e. The number of fused-ring (bicyclic) bond motifs is 1. The molecule has 0 amide bonds. The standard InChI is InChI=1S/C15H23N3O/c1-19-15-3-2-14(13-10-17-7-4-12(13)15)18-8-5-11(16)6-9-18/h2-3,11,17H,4-10,16H2,1H3. The van der Waals surface area contributed by atoms with Gasteiger partial charge in [0.15, 0.2) is 0 Å². The van der Waals surface area contributed by atoms with Gasteiger partial charge < -0.3 is 20.7 Å². The third-order valence-corrected chi connectivity index (χ3v) is 4.32. The van der Waals surface area contributed by atoms with Crippen LogP contribution in [0.25, 0.3) is 0 Å². The monoisotopic (exact) mass is 261 g/mol. The van der Waals surface area contributed by atoms with Crippen molar-refractivity contribution in [2.24, 2.45) is 5.73 Å². The van der Waals surface area contributed by atoms with E-state index in [0.717, 1.165) is 51.2 Å². The molecular weight excluding hydrogens is 238 g/mol. The van der Waals surface area contributed by atoms with Crippen molar-refractivity contribution < 1.29 is 4.74 Å². The topological polar surface area (TPSA) is 50.5 Å². The van der Waals surface area contributed by atoms with Gasteiger partial charge in [0.1, 0.15) is 5.75 Å². The van der Waals surface area contributed by atoms with Gasteiger partial charge in [-0.05, 0) is 43.5 Å². The van der Waals surface area contributed by atoms with Gasteiger partial charge in [-0.2, -0.15) is 0 Å². The molecule has 0 spiro atoms. The van der Waals surface area contributed by atoms with Crippen molar-refractivity contribution in [2.75, 3.05) is 31.6 Å². The molecule has 4 nitrogen and oxygen atoms in total. The van der Waals surface area contributed by atoms with Gasteiger partial charge in [0.2, 0.25) is 0 Å². The molecule has 19 heavy (non-hydrogen) atoms. The maximum absolute atomic E-state index is 6.00. The van der Waals surface area contributed by atoms with Crippen molar-refractivity contribution in [3.63, 3.8) is 0 Å². The van der Waals surface area contributed by atoms with Gasteiger partial charge in [-0.3, -0.25) is 0 Å². The number of methoxy groups -OCH3 is 1. The summed E-state index contributed by atoms with van der Waals surface area (Å²) >= 11 is 0. The van der Waals surface area contributed by atoms with E-state index in [4.69, 9.17) is 10.5 Å². The largest absolute Gasteiger partial charge is 0.496 e. The maximum atomic E-state index is 6.00. The Kier molecular flexibility index (Phi) is 3.62. The summed E-state index contributed by atoms with van der Waals surface area (Å²) in [6, 6.07) is 4.71. The predicted molar refractivity (Wildman–Crippen MR) is 77.8 cm³/mol. The fourth-order valence-electron chi connectivity index (χ4n) is 3.19. The molecule has 0 radical (unpaired) electrons. The summed E-state index contributed by atoms with van der Waals surface area (Å²) in [5.41, 5.74) is 10.2. The van der Waals surface area contributed by atoms with Crippen molar-refractivity contribution >= 4 is 5.69 Å². The third-order valence-electron chi connectivity index (χ3n) is 4.32. The zero-order valence-electron chi connectivity index (χ0n) is 11.6. The Labute approximate surface area is 114 Å². The van der Waals surface area contributed by atoms with Crippen LogP contribution < -0.4 is 20.7 Å². The maximum Gasteiger partial charge on any atom is 0.122 e. The molecule has 0 unspecified atom stereocenters. The van der Waals surface area contributed by atoms with Gasteiger partial charge in [0.25, 0.3) is 0 Å². The number of nitrogens with zero attached hydrogens (tertiary/aromatic N) is 1. The van der Waals surface area contributed by atoms with Gasteiger partial charge in [-0.15, -0.1) is 0 Å². The Morgan fingerprint density at radius 2 is 2.05 bits per heavy atom. The minimum atomic E-state index is 0.378. The molecule has 2 aliphatic rings. The molecule has 0 saturated carbocycles. The number of benzene rings is 1. The van der Waals surface area contributed by atoms with Crippen LogP contribution in [0, 0.1) is 0 Å². The number of anilines is 1. The average molecular weight is 261 g/mol. The van der Waals surface area contributed by atoms with Crippen LogP contribution in [-0.4, -0.2) is 32.8 Å². The molecule has 0 aromatic heterocycles. The number of hydrogen-bond acceptors (Lipinski definition) is 4. The lowest BCUT2D eigenvalue weighted by atomic mass is 9.96. The Hall–Kier alpha value is -1.26. The van der Waals surface area contributed by atoms with E-state index in [-0.39, 0.29) is 0 Å². The summed E-state index contributed by atoms with van der Waals surface area (Å²) in [5, 5.41) is 3.47. The Bertz CT molecular complexity index is 453. The molecule has 1 aromatic rings. The average Bonchev–Trinajstić information content (AvgIpc) is 2.47. The van der Waals surface area contributed by atoms with E-state index in [2.05, 4.69) is 22.3 Å². The molecule has 4 heteroatoms. The van der Waals surface area contributed by atoms with Crippen molar-refractivity contribution in [1.82, 2.24) is 5.32 Å². The summed E-state index contributed by atoms with van der Waals surface area (Å²) in [6.07, 6.45) is 3.24. The highest BCUT2D eigenvalue weighted by Gasteiger charge is 2.23. The van der Waals surface area contributed by atoms with Crippen molar-refractivity contribution in [1.29, 1.82) is 0 Å². The van der Waals surface area contributed by atoms with Crippen molar-refractivity contribution in [3.8, 4) is 5.75 Å². The second-order valence-electron chi connectivity index (χ2n) is 5.50. The fraction of sp³-hybridized carbons (Fsp3) is 0.600. The zero-order chi connectivity index (χ0) is 13.2. The van der Waals surface area contributed by atoms with Crippen LogP contribution in [0.5, 0.6) is 5.75 Å². The van der Waals surface area contributed by atoms with E-state index >= 15 is 0 Å². The van der Waals surface area contributed by atoms with Gasteiger partial charge in [-0.25, -0.2) is 0 Å². The van der Waals surface area contributed by atoms with Crippen LogP contribution in [0.4, 0.5) is 5.69 Å². The third kappa shape index (κ3) is 2.42. The number of rotatable bonds is 2. The summed E-state index contributed by atoms with van der Waals surface area (Å²) in [7, 11) is 1.76. The molecule has 1 fully saturated rings. The summed E-state index contributed by atoms with van der Waals surface area (Å²) in [4.78, 5) is 2.48. The molecule has 2 aliphatic heterocycles. The lowest BCUT2D eigenvalue weighted by Crippen LogP contribution is -2.40. The van der Waals surface area contributed by atoms with Crippen LogP contribution in [0.2, 0.25) is 0 Å². The highest BCUT2D eigenvalue weighted by Crippen LogP contribution is 2.34. The molecule has 3 N–H and O–H groups in total. The second-order valence-corrected chi connectivity index (χ2v) is 5.50. The summed E-state index contributed by atoms with van der Waals surface area (Å²) in [5.74, 6) is 1.04. The van der Waals surface area contributed by atoms with E-state index in [1.807, 2.05) is 0 Å². The Morgan fingerprint density at radius 1 is 1.26 bits per heavy atom. The van der Waals surface area contributed by atoms with Gasteiger partial charge >= 0.3 is 0 Å². The summed E-state index contributed by atoms with van der Waals surface area (Å²) < 4.78 is 5.51. The lowest BCUT2D eigenvalue weighted by Gasteiger charge is -2.35. The molecule has 104 valence electrons. The number of ether oxygens (including phenoxy) is 1. The molecule has 0 atom stereocenters. The van der Waals surface area contributed by atoms with Crippen molar-refractivity contribution in [3.05, 3.63) is 23.3 Å². The second kappa shape index (κ2) is 5.39. The first-order valence-corrected chi connectivity index (χ1v) is 7.19. The number of nitrogens with two attached hydrogens (primary N) is 1. The molecule has 0 aliphatic carbocycles. The first-order valence-electron chi connectivity index (χ1n) is 7.19. The SMILES string of the molecule is COc1ccc(N2CCC(N)CC2)c2c1CCNC2. The zero-order valence-corrected chi connectivity index (χ0v) is 11.6. The fourth-order valence-corrected chi connectivity index (χ4v) is 3.19. The van der Waals surface area contributed by atoms with E-state index in [9.17, 15) is 0 Å². The highest BCUT2D eigenvalue weighted by molar-refractivity contribution is 5.62. The Morgan fingerprint density at radius 3 is 2.79 bits per heavy atom. The molecule has 1 aromatic carbocycles. The molecule has 3 rings (SSSR count). The van der Waals surface area contributed by atoms with Crippen LogP contribution >= 0.6 is 0 Å². The van der Waals surface area contributed by atoms with E-state index in [1.54, 1.807) is 7.11 Å². The number of piperidine rings is 1. The minimum absolute atomic E-state index is 0.378. The first kappa shape index (κ1) is 12.8. The lowest BCUT2D eigenvalue weighted by molar-refractivity contribution is 0.405. The number of hydrogen-bond donors (Lipinski definition) is 2. The van der Waals surface area contributed by atoms with Gasteiger partial charge in [-0.1, -0.05) is 0 Å². The van der Waals surface area contributed by atoms with Crippen LogP contribution in [0.1, 0.15) is 24.0 Å². The van der Waals surface area contributed by atoms with E-state index in [0.29, 0.717) is 6.04 Å². The van der Waals surface area contributed by atoms with Gasteiger partial charge in [0, 0.05) is 36.9 Å². The van der Waals surface area contributed by atoms with E-state index < -0.39 is 0 Å². The van der Waals surface area contributed by atoms with Crippen LogP contribution in [-0.2, 0) is 13.0 Å². The minimum Gasteiger partial charge on any atom is -0.496 e. The highest BCUT2D eigenvalue weighted by atomic mass is 16.5.